The van der Waals surface area contributed by atoms with E-state index in [1.54, 1.807) is 7.11 Å². The maximum atomic E-state index is 11.7. The number of ether oxygens (including phenoxy) is 1. The van der Waals surface area contributed by atoms with Crippen molar-refractivity contribution in [3.63, 3.8) is 0 Å². The first kappa shape index (κ1) is 18.1. The monoisotopic (exact) mass is 348 g/mol. The predicted octanol–water partition coefficient (Wildman–Crippen LogP) is 1.65. The van der Waals surface area contributed by atoms with Gasteiger partial charge < -0.3 is 20.9 Å². The molecule has 0 aliphatic heterocycles. The molecule has 2 fully saturated rings. The Bertz CT molecular complexity index is 602. The van der Waals surface area contributed by atoms with Gasteiger partial charge in [-0.05, 0) is 50.9 Å². The van der Waals surface area contributed by atoms with E-state index in [1.165, 1.54) is 6.20 Å². The summed E-state index contributed by atoms with van der Waals surface area (Å²) < 4.78 is 5.42. The number of aliphatic hydroxyl groups is 1. The molecule has 0 aromatic carbocycles. The van der Waals surface area contributed by atoms with Crippen LogP contribution in [-0.2, 0) is 11.2 Å². The van der Waals surface area contributed by atoms with Gasteiger partial charge >= 0.3 is 0 Å². The summed E-state index contributed by atoms with van der Waals surface area (Å²) in [5, 5.41) is 13.2. The quantitative estimate of drug-likeness (QED) is 0.721. The van der Waals surface area contributed by atoms with Gasteiger partial charge in [-0.25, -0.2) is 9.97 Å². The lowest BCUT2D eigenvalue weighted by molar-refractivity contribution is 0.0566. The SMILES string of the molecule is COC1CCC(Cc2ncc(C(N)=O)c(N[C@@H]3CCC[C@H]3O)n2)CC1. The number of carbonyl (C=O) groups is 1. The van der Waals surface area contributed by atoms with Crippen LogP contribution in [0.1, 0.15) is 61.1 Å². The largest absolute Gasteiger partial charge is 0.391 e. The molecule has 3 rings (SSSR count). The Kier molecular flexibility index (Phi) is 5.86. The number of aromatic nitrogens is 2. The van der Waals surface area contributed by atoms with Crippen molar-refractivity contribution >= 4 is 11.7 Å². The van der Waals surface area contributed by atoms with Crippen molar-refractivity contribution in [1.82, 2.24) is 9.97 Å². The van der Waals surface area contributed by atoms with Crippen LogP contribution in [0.15, 0.2) is 6.20 Å². The number of hydrogen-bond acceptors (Lipinski definition) is 6. The van der Waals surface area contributed by atoms with Crippen molar-refractivity contribution < 1.29 is 14.6 Å². The predicted molar refractivity (Wildman–Crippen MR) is 94.3 cm³/mol. The van der Waals surface area contributed by atoms with Gasteiger partial charge in [0, 0.05) is 19.7 Å². The highest BCUT2D eigenvalue weighted by molar-refractivity contribution is 5.97. The third-order valence-electron chi connectivity index (χ3n) is 5.50. The molecule has 0 saturated heterocycles. The van der Waals surface area contributed by atoms with E-state index in [9.17, 15) is 9.90 Å². The second kappa shape index (κ2) is 8.10. The molecule has 7 heteroatoms. The Morgan fingerprint density at radius 3 is 2.68 bits per heavy atom. The summed E-state index contributed by atoms with van der Waals surface area (Å²) in [6.45, 7) is 0. The molecule has 1 aromatic heterocycles. The normalized spacial score (nSPS) is 29.5. The molecule has 2 saturated carbocycles. The lowest BCUT2D eigenvalue weighted by Crippen LogP contribution is -2.30. The number of nitrogens with one attached hydrogen (secondary N) is 1. The number of aliphatic hydroxyl groups excluding tert-OH is 1. The molecular weight excluding hydrogens is 320 g/mol. The molecule has 25 heavy (non-hydrogen) atoms. The van der Waals surface area contributed by atoms with Crippen molar-refractivity contribution in [2.75, 3.05) is 12.4 Å². The minimum atomic E-state index is -0.554. The van der Waals surface area contributed by atoms with Gasteiger partial charge in [0.1, 0.15) is 11.6 Å². The van der Waals surface area contributed by atoms with Gasteiger partial charge in [-0.2, -0.15) is 0 Å². The molecule has 7 nitrogen and oxygen atoms in total. The second-order valence-electron chi connectivity index (χ2n) is 7.24. The molecule has 138 valence electrons. The lowest BCUT2D eigenvalue weighted by atomic mass is 9.85. The van der Waals surface area contributed by atoms with Gasteiger partial charge in [0.15, 0.2) is 0 Å². The number of anilines is 1. The third kappa shape index (κ3) is 4.46. The van der Waals surface area contributed by atoms with Crippen molar-refractivity contribution in [3.05, 3.63) is 17.6 Å². The summed E-state index contributed by atoms with van der Waals surface area (Å²) >= 11 is 0. The molecule has 1 amide bonds. The van der Waals surface area contributed by atoms with E-state index in [4.69, 9.17) is 10.5 Å². The van der Waals surface area contributed by atoms with Gasteiger partial charge in [-0.15, -0.1) is 0 Å². The average Bonchev–Trinajstić information content (AvgIpc) is 3.00. The number of primary amides is 1. The fraction of sp³-hybridized carbons (Fsp3) is 0.722. The Morgan fingerprint density at radius 1 is 1.32 bits per heavy atom. The van der Waals surface area contributed by atoms with E-state index >= 15 is 0 Å². The molecule has 0 radical (unpaired) electrons. The van der Waals surface area contributed by atoms with E-state index in [0.29, 0.717) is 17.8 Å². The lowest BCUT2D eigenvalue weighted by Gasteiger charge is -2.27. The summed E-state index contributed by atoms with van der Waals surface area (Å²) in [6.07, 6.45) is 9.19. The number of carbonyl (C=O) groups excluding carboxylic acids is 1. The molecule has 1 aromatic rings. The Balaban J connectivity index is 1.70. The zero-order valence-corrected chi connectivity index (χ0v) is 14.8. The van der Waals surface area contributed by atoms with Crippen LogP contribution < -0.4 is 11.1 Å². The maximum absolute atomic E-state index is 11.7. The second-order valence-corrected chi connectivity index (χ2v) is 7.24. The summed E-state index contributed by atoms with van der Waals surface area (Å²) in [5.41, 5.74) is 5.74. The van der Waals surface area contributed by atoms with Gasteiger partial charge in [-0.3, -0.25) is 4.79 Å². The van der Waals surface area contributed by atoms with Crippen molar-refractivity contribution in [2.24, 2.45) is 11.7 Å². The average molecular weight is 348 g/mol. The number of rotatable bonds is 6. The Hall–Kier alpha value is -1.73. The molecule has 4 N–H and O–H groups in total. The van der Waals surface area contributed by atoms with E-state index in [0.717, 1.165) is 57.2 Å². The molecule has 0 unspecified atom stereocenters. The fourth-order valence-corrected chi connectivity index (χ4v) is 3.92. The Morgan fingerprint density at radius 2 is 2.08 bits per heavy atom. The van der Waals surface area contributed by atoms with Gasteiger partial charge in [-0.1, -0.05) is 0 Å². The molecule has 0 bridgehead atoms. The van der Waals surface area contributed by atoms with E-state index in [-0.39, 0.29) is 11.6 Å². The molecule has 2 aliphatic rings. The maximum Gasteiger partial charge on any atom is 0.254 e. The first-order valence-electron chi connectivity index (χ1n) is 9.20. The van der Waals surface area contributed by atoms with E-state index in [2.05, 4.69) is 15.3 Å². The number of nitrogens with zero attached hydrogens (tertiary/aromatic N) is 2. The highest BCUT2D eigenvalue weighted by atomic mass is 16.5. The van der Waals surface area contributed by atoms with Crippen LogP contribution in [-0.4, -0.2) is 46.3 Å². The molecule has 1 heterocycles. The zero-order valence-electron chi connectivity index (χ0n) is 14.8. The van der Waals surface area contributed by atoms with Crippen LogP contribution in [0.5, 0.6) is 0 Å². The van der Waals surface area contributed by atoms with Crippen molar-refractivity contribution in [2.45, 2.75) is 69.6 Å². The number of amides is 1. The zero-order chi connectivity index (χ0) is 17.8. The molecular formula is C18H28N4O3. The van der Waals surface area contributed by atoms with Crippen molar-refractivity contribution in [1.29, 1.82) is 0 Å². The minimum absolute atomic E-state index is 0.0852. The minimum Gasteiger partial charge on any atom is -0.391 e. The number of nitrogens with two attached hydrogens (primary N) is 1. The molecule has 2 atom stereocenters. The van der Waals surface area contributed by atoms with Crippen LogP contribution in [0.4, 0.5) is 5.82 Å². The topological polar surface area (TPSA) is 110 Å². The van der Waals surface area contributed by atoms with Crippen molar-refractivity contribution in [3.8, 4) is 0 Å². The third-order valence-corrected chi connectivity index (χ3v) is 5.50. The van der Waals surface area contributed by atoms with Crippen LogP contribution in [0.25, 0.3) is 0 Å². The van der Waals surface area contributed by atoms with Crippen LogP contribution in [0, 0.1) is 5.92 Å². The standard InChI is InChI=1S/C18H28N4O3/c1-25-12-7-5-11(6-8-12)9-16-20-10-13(17(19)24)18(22-16)21-14-3-2-4-15(14)23/h10-12,14-15,23H,2-9H2,1H3,(H2,19,24)(H,20,21,22)/t11?,12?,14-,15-/m1/s1. The first-order chi connectivity index (χ1) is 12.1. The van der Waals surface area contributed by atoms with Gasteiger partial charge in [0.25, 0.3) is 5.91 Å². The van der Waals surface area contributed by atoms with Crippen LogP contribution in [0.3, 0.4) is 0 Å². The summed E-state index contributed by atoms with van der Waals surface area (Å²) in [6, 6.07) is -0.0852. The highest BCUT2D eigenvalue weighted by Crippen LogP contribution is 2.29. The molecule has 2 aliphatic carbocycles. The summed E-state index contributed by atoms with van der Waals surface area (Å²) in [4.78, 5) is 20.6. The van der Waals surface area contributed by atoms with Gasteiger partial charge in [0.05, 0.1) is 23.8 Å². The smallest absolute Gasteiger partial charge is 0.254 e. The first-order valence-corrected chi connectivity index (χ1v) is 9.20. The van der Waals surface area contributed by atoms with Crippen LogP contribution >= 0.6 is 0 Å². The highest BCUT2D eigenvalue weighted by Gasteiger charge is 2.27. The summed E-state index contributed by atoms with van der Waals surface area (Å²) in [7, 11) is 1.77. The van der Waals surface area contributed by atoms with Crippen LogP contribution in [0.2, 0.25) is 0 Å². The van der Waals surface area contributed by atoms with E-state index in [1.807, 2.05) is 0 Å². The summed E-state index contributed by atoms with van der Waals surface area (Å²) in [5.74, 6) is 1.16. The number of hydrogen-bond donors (Lipinski definition) is 3. The van der Waals surface area contributed by atoms with Gasteiger partial charge in [0.2, 0.25) is 0 Å². The molecule has 0 spiro atoms. The fourth-order valence-electron chi connectivity index (χ4n) is 3.92. The number of methoxy groups -OCH3 is 1. The Labute approximate surface area is 148 Å². The van der Waals surface area contributed by atoms with E-state index < -0.39 is 12.0 Å².